The number of nitrogens with zero attached hydrogens (tertiary/aromatic N) is 1. The number of halogens is 1. The van der Waals surface area contributed by atoms with Crippen molar-refractivity contribution in [3.63, 3.8) is 0 Å². The first-order valence-corrected chi connectivity index (χ1v) is 16.2. The fourth-order valence-corrected chi connectivity index (χ4v) is 9.40. The van der Waals surface area contributed by atoms with Gasteiger partial charge in [0.15, 0.2) is 9.84 Å². The summed E-state index contributed by atoms with van der Waals surface area (Å²) in [4.78, 5) is 15.4. The third-order valence-corrected chi connectivity index (χ3v) is 11.8. The molecule has 2 aromatic carbocycles. The molecule has 38 heavy (non-hydrogen) atoms. The van der Waals surface area contributed by atoms with E-state index in [2.05, 4.69) is 22.3 Å². The first-order valence-electron chi connectivity index (χ1n) is 14.2. The van der Waals surface area contributed by atoms with Crippen LogP contribution in [0.5, 0.6) is 5.75 Å². The molecule has 2 aliphatic heterocycles. The number of carbonyl (C=O) groups excluding carboxylic acids is 1. The Hall–Kier alpha value is -2.25. The molecule has 0 unspecified atom stereocenters. The molecule has 4 aliphatic rings. The maximum atomic E-state index is 13.3. The summed E-state index contributed by atoms with van der Waals surface area (Å²) in [5.41, 5.74) is 3.85. The van der Waals surface area contributed by atoms with E-state index in [1.165, 1.54) is 11.1 Å². The molecule has 8 heteroatoms. The van der Waals surface area contributed by atoms with Crippen LogP contribution in [0.15, 0.2) is 36.4 Å². The van der Waals surface area contributed by atoms with Crippen molar-refractivity contribution in [3.8, 4) is 5.75 Å². The molecule has 1 fully saturated rings. The summed E-state index contributed by atoms with van der Waals surface area (Å²) in [5, 5.41) is 3.53. The molecular formula is C30H37ClN2O4S. The molecule has 3 atom stereocenters. The van der Waals surface area contributed by atoms with Crippen LogP contribution in [0.1, 0.15) is 72.9 Å². The van der Waals surface area contributed by atoms with Crippen LogP contribution in [-0.2, 0) is 21.7 Å². The molecule has 0 radical (unpaired) electrons. The number of anilines is 1. The molecule has 2 heterocycles. The highest BCUT2D eigenvalue weighted by Gasteiger charge is 2.45. The van der Waals surface area contributed by atoms with Crippen LogP contribution < -0.4 is 15.0 Å². The predicted molar refractivity (Wildman–Crippen MR) is 151 cm³/mol. The van der Waals surface area contributed by atoms with Gasteiger partial charge in [-0.05, 0) is 92.3 Å². The number of hydrogen-bond acceptors (Lipinski definition) is 5. The lowest BCUT2D eigenvalue weighted by atomic mass is 9.70. The number of fused-ring (bicyclic) bond motifs is 4. The summed E-state index contributed by atoms with van der Waals surface area (Å²) in [6.07, 6.45) is 8.05. The molecule has 2 aliphatic carbocycles. The average molecular weight is 557 g/mol. The van der Waals surface area contributed by atoms with Crippen molar-refractivity contribution in [2.75, 3.05) is 36.9 Å². The largest absolute Gasteiger partial charge is 0.490 e. The maximum absolute atomic E-state index is 13.3. The van der Waals surface area contributed by atoms with E-state index in [0.29, 0.717) is 31.7 Å². The van der Waals surface area contributed by atoms with E-state index in [4.69, 9.17) is 16.3 Å². The number of aryl methyl sites for hydroxylation is 1. The van der Waals surface area contributed by atoms with Gasteiger partial charge in [-0.1, -0.05) is 30.5 Å². The summed E-state index contributed by atoms with van der Waals surface area (Å²) in [6.45, 7) is 2.51. The lowest BCUT2D eigenvalue weighted by Crippen LogP contribution is -2.51. The summed E-state index contributed by atoms with van der Waals surface area (Å²) in [5.74, 6) is 1.05. The molecule has 204 valence electrons. The zero-order chi connectivity index (χ0) is 26.3. The van der Waals surface area contributed by atoms with Gasteiger partial charge in [0, 0.05) is 35.6 Å². The van der Waals surface area contributed by atoms with Crippen molar-refractivity contribution in [2.24, 2.45) is 5.92 Å². The molecule has 2 aromatic rings. The van der Waals surface area contributed by atoms with Crippen LogP contribution in [0.25, 0.3) is 0 Å². The van der Waals surface area contributed by atoms with Crippen LogP contribution in [0, 0.1) is 5.92 Å². The second-order valence-corrected chi connectivity index (χ2v) is 14.5. The number of hydrogen-bond donors (Lipinski definition) is 1. The van der Waals surface area contributed by atoms with Crippen molar-refractivity contribution in [1.82, 2.24) is 5.32 Å². The minimum Gasteiger partial charge on any atom is -0.490 e. The molecule has 1 saturated carbocycles. The second-order valence-electron chi connectivity index (χ2n) is 11.7. The van der Waals surface area contributed by atoms with Crippen molar-refractivity contribution in [2.45, 2.75) is 68.5 Å². The van der Waals surface area contributed by atoms with E-state index in [1.807, 2.05) is 24.3 Å². The molecule has 1 spiro atoms. The van der Waals surface area contributed by atoms with Crippen molar-refractivity contribution < 1.29 is 17.9 Å². The van der Waals surface area contributed by atoms with Gasteiger partial charge >= 0.3 is 0 Å². The molecule has 1 amide bonds. The molecule has 6 nitrogen and oxygen atoms in total. The Morgan fingerprint density at radius 1 is 1.03 bits per heavy atom. The molecule has 6 rings (SSSR count). The topological polar surface area (TPSA) is 75.7 Å². The molecule has 2 bridgehead atoms. The fourth-order valence-electron chi connectivity index (χ4n) is 7.00. The summed E-state index contributed by atoms with van der Waals surface area (Å²) >= 11 is 6.37. The third-order valence-electron chi connectivity index (χ3n) is 9.20. The van der Waals surface area contributed by atoms with Crippen molar-refractivity contribution in [1.29, 1.82) is 0 Å². The smallest absolute Gasteiger partial charge is 0.251 e. The zero-order valence-corrected chi connectivity index (χ0v) is 23.5. The van der Waals surface area contributed by atoms with Crippen molar-refractivity contribution >= 4 is 33.0 Å². The highest BCUT2D eigenvalue weighted by atomic mass is 35.5. The van der Waals surface area contributed by atoms with Gasteiger partial charge in [0.1, 0.15) is 5.75 Å². The van der Waals surface area contributed by atoms with E-state index >= 15 is 0 Å². The van der Waals surface area contributed by atoms with Crippen LogP contribution in [0.2, 0.25) is 5.02 Å². The minimum absolute atomic E-state index is 0.0689. The molecule has 0 saturated heterocycles. The monoisotopic (exact) mass is 556 g/mol. The quantitative estimate of drug-likeness (QED) is 0.476. The van der Waals surface area contributed by atoms with E-state index in [0.717, 1.165) is 74.4 Å². The van der Waals surface area contributed by atoms with E-state index in [-0.39, 0.29) is 28.2 Å². The Kier molecular flexibility index (Phi) is 7.10. The first kappa shape index (κ1) is 26.0. The van der Waals surface area contributed by atoms with Gasteiger partial charge in [-0.15, -0.1) is 0 Å². The fraction of sp³-hybridized carbons (Fsp3) is 0.567. The van der Waals surface area contributed by atoms with Crippen LogP contribution >= 0.6 is 11.6 Å². The molecule has 0 aromatic heterocycles. The Labute approximate surface area is 231 Å². The normalized spacial score (nSPS) is 29.2. The van der Waals surface area contributed by atoms with E-state index in [9.17, 15) is 13.2 Å². The number of ether oxygens (including phenoxy) is 1. The number of rotatable bonds is 0. The average Bonchev–Trinajstić information content (AvgIpc) is 3.02. The number of benzene rings is 2. The number of carbonyl (C=O) groups is 1. The molecule has 1 N–H and O–H groups in total. The van der Waals surface area contributed by atoms with E-state index < -0.39 is 9.84 Å². The van der Waals surface area contributed by atoms with Crippen LogP contribution in [0.3, 0.4) is 0 Å². The second kappa shape index (κ2) is 10.4. The number of sulfone groups is 1. The van der Waals surface area contributed by atoms with Gasteiger partial charge in [-0.3, -0.25) is 4.79 Å². The number of nitrogens with one attached hydrogen (secondary N) is 1. The highest BCUT2D eigenvalue weighted by Crippen LogP contribution is 2.46. The van der Waals surface area contributed by atoms with Gasteiger partial charge < -0.3 is 15.0 Å². The van der Waals surface area contributed by atoms with Crippen LogP contribution in [-0.4, -0.2) is 51.6 Å². The Balaban J connectivity index is 1.40. The zero-order valence-electron chi connectivity index (χ0n) is 21.9. The minimum atomic E-state index is -3.13. The Bertz CT molecular complexity index is 1330. The van der Waals surface area contributed by atoms with Gasteiger partial charge in [-0.2, -0.15) is 0 Å². The third kappa shape index (κ3) is 4.92. The van der Waals surface area contributed by atoms with Gasteiger partial charge in [0.2, 0.25) is 0 Å². The van der Waals surface area contributed by atoms with Gasteiger partial charge in [-0.25, -0.2) is 8.42 Å². The highest BCUT2D eigenvalue weighted by molar-refractivity contribution is 7.92. The SMILES string of the molecule is O=C1NCCCCCCS(=O)(=O)[C@@H]2CC[C@@H]2CN2C[C@@]3(CCCc4cc(Cl)ccc43)COc3ccc1cc32. The summed E-state index contributed by atoms with van der Waals surface area (Å²) in [6, 6.07) is 11.9. The predicted octanol–water partition coefficient (Wildman–Crippen LogP) is 5.31. The molecular weight excluding hydrogens is 520 g/mol. The summed E-state index contributed by atoms with van der Waals surface area (Å²) in [7, 11) is -3.13. The van der Waals surface area contributed by atoms with E-state index in [1.54, 1.807) is 0 Å². The number of amides is 1. The maximum Gasteiger partial charge on any atom is 0.251 e. The van der Waals surface area contributed by atoms with Crippen LogP contribution in [0.4, 0.5) is 5.69 Å². The Morgan fingerprint density at radius 3 is 2.74 bits per heavy atom. The Morgan fingerprint density at radius 2 is 1.89 bits per heavy atom. The van der Waals surface area contributed by atoms with Gasteiger partial charge in [0.25, 0.3) is 5.91 Å². The van der Waals surface area contributed by atoms with Gasteiger partial charge in [0.05, 0.1) is 23.3 Å². The van der Waals surface area contributed by atoms with Crippen molar-refractivity contribution in [3.05, 3.63) is 58.1 Å². The first-order chi connectivity index (χ1) is 18.3. The summed E-state index contributed by atoms with van der Waals surface area (Å²) < 4.78 is 33.1. The lowest BCUT2D eigenvalue weighted by Gasteiger charge is -2.44. The lowest BCUT2D eigenvalue weighted by molar-refractivity contribution is 0.0953. The standard InChI is InChI=1S/C30H37ClN2O4S/c31-24-9-10-25-21(16-24)6-5-13-30(25)19-33-18-23-8-12-28(23)38(35,36)15-4-2-1-3-14-32-29(34)22-7-11-27(37-20-30)26(33)17-22/h7,9-11,16-17,23,28H,1-6,8,12-15,18-20H2,(H,32,34)/t23-,28-,30+/m1/s1.